The molecule has 2 nitrogen and oxygen atoms in total. The maximum atomic E-state index is 10.4. The second-order valence-electron chi connectivity index (χ2n) is 2.61. The van der Waals surface area contributed by atoms with Crippen molar-refractivity contribution >= 4 is 12.0 Å². The highest BCUT2D eigenvalue weighted by Crippen LogP contribution is 2.11. The molecule has 0 aliphatic rings. The lowest BCUT2D eigenvalue weighted by Crippen LogP contribution is -2.08. The van der Waals surface area contributed by atoms with Gasteiger partial charge in [0.25, 0.3) is 0 Å². The van der Waals surface area contributed by atoms with Gasteiger partial charge in [-0.3, -0.25) is 4.79 Å². The Bertz CT molecular complexity index is 256. The quantitative estimate of drug-likeness (QED) is 0.650. The zero-order valence-corrected chi connectivity index (χ0v) is 8.74. The summed E-state index contributed by atoms with van der Waals surface area (Å²) in [4.78, 5) is 12.3. The topological polar surface area (TPSA) is 20.3 Å². The van der Waals surface area contributed by atoms with E-state index >= 15 is 0 Å². The number of nitrogens with zero attached hydrogens (tertiary/aromatic N) is 1. The Hall–Kier alpha value is -1.31. The summed E-state index contributed by atoms with van der Waals surface area (Å²) in [6.45, 7) is 4.00. The van der Waals surface area contributed by atoms with Crippen molar-refractivity contribution in [1.29, 1.82) is 0 Å². The van der Waals surface area contributed by atoms with Gasteiger partial charge in [0.1, 0.15) is 6.29 Å². The summed E-state index contributed by atoms with van der Waals surface area (Å²) in [5.74, 6) is 0. The third-order valence-electron chi connectivity index (χ3n) is 1.52. The molecule has 0 aliphatic heterocycles. The summed E-state index contributed by atoms with van der Waals surface area (Å²) >= 11 is 0. The predicted octanol–water partition coefficient (Wildman–Crippen LogP) is 2.59. The smallest absolute Gasteiger partial charge is 0.150 e. The molecule has 0 aromatic heterocycles. The fraction of sp³-hybridized carbons (Fsp3) is 0.364. The molecule has 13 heavy (non-hydrogen) atoms. The molecule has 0 amide bonds. The molecule has 72 valence electrons. The molecule has 2 heteroatoms. The molecular weight excluding hydrogens is 162 g/mol. The fourth-order valence-corrected chi connectivity index (χ4v) is 0.876. The van der Waals surface area contributed by atoms with Crippen molar-refractivity contribution in [2.75, 3.05) is 19.0 Å². The minimum absolute atomic E-state index is 0.719. The van der Waals surface area contributed by atoms with Gasteiger partial charge in [-0.1, -0.05) is 26.0 Å². The number of aldehydes is 1. The first kappa shape index (κ1) is 11.7. The number of carbonyl (C=O) groups excluding carboxylic acids is 1. The maximum Gasteiger partial charge on any atom is 0.150 e. The summed E-state index contributed by atoms with van der Waals surface area (Å²) in [5.41, 5.74) is 1.77. The van der Waals surface area contributed by atoms with Gasteiger partial charge in [-0.25, -0.2) is 0 Å². The Labute approximate surface area is 80.2 Å². The van der Waals surface area contributed by atoms with E-state index in [1.165, 1.54) is 0 Å². The molecule has 1 aromatic carbocycles. The van der Waals surface area contributed by atoms with Crippen molar-refractivity contribution in [3.8, 4) is 0 Å². The van der Waals surface area contributed by atoms with Crippen LogP contribution >= 0.6 is 0 Å². The van der Waals surface area contributed by atoms with Crippen molar-refractivity contribution in [3.05, 3.63) is 29.8 Å². The van der Waals surface area contributed by atoms with Gasteiger partial charge in [0, 0.05) is 25.3 Å². The van der Waals surface area contributed by atoms with Gasteiger partial charge in [-0.15, -0.1) is 0 Å². The normalized spacial score (nSPS) is 8.31. The van der Waals surface area contributed by atoms with Gasteiger partial charge in [0.15, 0.2) is 0 Å². The van der Waals surface area contributed by atoms with Crippen molar-refractivity contribution in [2.45, 2.75) is 13.8 Å². The van der Waals surface area contributed by atoms with E-state index in [2.05, 4.69) is 0 Å². The van der Waals surface area contributed by atoms with E-state index in [-0.39, 0.29) is 0 Å². The molecule has 0 fully saturated rings. The Morgan fingerprint density at radius 1 is 1.23 bits per heavy atom. The van der Waals surface area contributed by atoms with Crippen LogP contribution in [0.4, 0.5) is 5.69 Å². The van der Waals surface area contributed by atoms with Crippen molar-refractivity contribution in [2.24, 2.45) is 0 Å². The number of anilines is 1. The summed E-state index contributed by atoms with van der Waals surface area (Å²) in [5, 5.41) is 0. The van der Waals surface area contributed by atoms with Gasteiger partial charge in [-0.05, 0) is 12.1 Å². The lowest BCUT2D eigenvalue weighted by molar-refractivity contribution is 0.112. The summed E-state index contributed by atoms with van der Waals surface area (Å²) in [6, 6.07) is 7.49. The molecule has 0 spiro atoms. The summed E-state index contributed by atoms with van der Waals surface area (Å²) in [7, 11) is 3.90. The van der Waals surface area contributed by atoms with E-state index in [1.54, 1.807) is 6.07 Å². The van der Waals surface area contributed by atoms with Gasteiger partial charge >= 0.3 is 0 Å². The Kier molecular flexibility index (Phi) is 5.60. The first-order valence-electron chi connectivity index (χ1n) is 4.46. The molecule has 0 unspecified atom stereocenters. The second-order valence-corrected chi connectivity index (χ2v) is 2.61. The third kappa shape index (κ3) is 3.74. The monoisotopic (exact) mass is 179 g/mol. The first-order valence-corrected chi connectivity index (χ1v) is 4.46. The average Bonchev–Trinajstić information content (AvgIpc) is 2.21. The number of benzene rings is 1. The second kappa shape index (κ2) is 6.23. The van der Waals surface area contributed by atoms with Crippen LogP contribution in [0.1, 0.15) is 24.2 Å². The van der Waals surface area contributed by atoms with Crippen LogP contribution in [-0.4, -0.2) is 20.4 Å². The van der Waals surface area contributed by atoms with Crippen LogP contribution in [0.25, 0.3) is 0 Å². The Morgan fingerprint density at radius 3 is 2.31 bits per heavy atom. The zero-order chi connectivity index (χ0) is 10.3. The van der Waals surface area contributed by atoms with E-state index in [9.17, 15) is 4.79 Å². The van der Waals surface area contributed by atoms with Crippen LogP contribution in [0.15, 0.2) is 24.3 Å². The highest BCUT2D eigenvalue weighted by molar-refractivity contribution is 5.76. The van der Waals surface area contributed by atoms with E-state index in [0.29, 0.717) is 0 Å². The first-order chi connectivity index (χ1) is 6.24. The van der Waals surface area contributed by atoms with Crippen LogP contribution in [0.5, 0.6) is 0 Å². The number of carbonyl (C=O) groups is 1. The Balaban J connectivity index is 0.000000671. The lowest BCUT2D eigenvalue weighted by atomic mass is 10.2. The highest BCUT2D eigenvalue weighted by atomic mass is 16.1. The number of hydrogen-bond acceptors (Lipinski definition) is 2. The molecule has 1 rings (SSSR count). The van der Waals surface area contributed by atoms with E-state index in [0.717, 1.165) is 17.5 Å². The minimum Gasteiger partial charge on any atom is -0.378 e. The molecule has 0 bridgehead atoms. The van der Waals surface area contributed by atoms with Crippen molar-refractivity contribution in [1.82, 2.24) is 0 Å². The highest BCUT2D eigenvalue weighted by Gasteiger charge is 1.94. The summed E-state index contributed by atoms with van der Waals surface area (Å²) < 4.78 is 0. The molecule has 0 radical (unpaired) electrons. The standard InChI is InChI=1S/C9H11NO.C2H6/c1-10(2)9-5-3-4-8(6-9)7-11;1-2/h3-7H,1-2H3;1-2H3. The van der Waals surface area contributed by atoms with E-state index in [1.807, 2.05) is 51.0 Å². The maximum absolute atomic E-state index is 10.4. The minimum atomic E-state index is 0.719. The molecule has 0 aliphatic carbocycles. The van der Waals surface area contributed by atoms with E-state index in [4.69, 9.17) is 0 Å². The molecule has 1 aromatic rings. The molecular formula is C11H17NO. The number of hydrogen-bond donors (Lipinski definition) is 0. The van der Waals surface area contributed by atoms with Crippen LogP contribution in [0, 0.1) is 0 Å². The average molecular weight is 179 g/mol. The molecule has 0 N–H and O–H groups in total. The fourth-order valence-electron chi connectivity index (χ4n) is 0.876. The zero-order valence-electron chi connectivity index (χ0n) is 8.74. The van der Waals surface area contributed by atoms with Gasteiger partial charge in [0.05, 0.1) is 0 Å². The molecule has 0 saturated heterocycles. The predicted molar refractivity (Wildman–Crippen MR) is 57.5 cm³/mol. The molecule has 0 atom stereocenters. The largest absolute Gasteiger partial charge is 0.378 e. The summed E-state index contributed by atoms with van der Waals surface area (Å²) in [6.07, 6.45) is 0.854. The van der Waals surface area contributed by atoms with Crippen LogP contribution in [-0.2, 0) is 0 Å². The van der Waals surface area contributed by atoms with Crippen molar-refractivity contribution < 1.29 is 4.79 Å². The lowest BCUT2D eigenvalue weighted by Gasteiger charge is -2.11. The van der Waals surface area contributed by atoms with Gasteiger partial charge < -0.3 is 4.90 Å². The van der Waals surface area contributed by atoms with Gasteiger partial charge in [0.2, 0.25) is 0 Å². The van der Waals surface area contributed by atoms with Crippen LogP contribution in [0.2, 0.25) is 0 Å². The van der Waals surface area contributed by atoms with Gasteiger partial charge in [-0.2, -0.15) is 0 Å². The Morgan fingerprint density at radius 2 is 1.85 bits per heavy atom. The SMILES string of the molecule is CC.CN(C)c1cccc(C=O)c1. The van der Waals surface area contributed by atoms with Crippen molar-refractivity contribution in [3.63, 3.8) is 0 Å². The van der Waals surface area contributed by atoms with Crippen LogP contribution in [0.3, 0.4) is 0 Å². The van der Waals surface area contributed by atoms with E-state index < -0.39 is 0 Å². The molecule has 0 heterocycles. The molecule has 0 saturated carbocycles. The van der Waals surface area contributed by atoms with Crippen LogP contribution < -0.4 is 4.90 Å². The number of rotatable bonds is 2. The third-order valence-corrected chi connectivity index (χ3v) is 1.52.